The van der Waals surface area contributed by atoms with E-state index in [9.17, 15) is 24.3 Å². The highest BCUT2D eigenvalue weighted by atomic mass is 79.9. The van der Waals surface area contributed by atoms with Gasteiger partial charge in [-0.3, -0.25) is 0 Å². The van der Waals surface area contributed by atoms with Crippen LogP contribution >= 0.6 is 117 Å². The number of hydrogen-bond donors (Lipinski definition) is 2. The van der Waals surface area contributed by atoms with E-state index < -0.39 is 5.82 Å². The molecule has 4 aromatic heterocycles. The Balaban J connectivity index is 0.000000118. The number of phenolic OH excluding ortho intramolecular Hbond substituents is 2. The van der Waals surface area contributed by atoms with Gasteiger partial charge >= 0.3 is 0 Å². The molecule has 18 rings (SSSR count). The number of rotatable bonds is 3. The highest BCUT2D eigenvalue weighted by Crippen LogP contribution is 2.42. The Kier molecular flexibility index (Phi) is 24.7. The van der Waals surface area contributed by atoms with E-state index in [-0.39, 0.29) is 17.3 Å². The molecule has 18 aromatic rings. The summed E-state index contributed by atoms with van der Waals surface area (Å²) in [5.74, 6) is -0.777. The third-order valence-corrected chi connectivity index (χ3v) is 19.4. The number of fused-ring (bicyclic) bond motifs is 12. The summed E-state index contributed by atoms with van der Waals surface area (Å²) in [6, 6.07) is 89.9. The first kappa shape index (κ1) is 76.1. The van der Waals surface area contributed by atoms with Crippen molar-refractivity contribution in [2.45, 2.75) is 0 Å². The molecule has 0 aliphatic carbocycles. The van der Waals surface area contributed by atoms with E-state index in [1.165, 1.54) is 30.3 Å². The number of nitrogens with zero attached hydrogens (tertiary/aromatic N) is 3. The van der Waals surface area contributed by atoms with Gasteiger partial charge in [0.1, 0.15) is 69.3 Å². The SMILES string of the molecule is Brc1ccccc1.Clc1cc(Br)c2oc3ccccc3c2c1.N#Cc1cc(Cl)cc2c1oc1c(-c3ccccc3)cccc12.N#Cc1cc(Cl)cc2c1oc1ccccc12.N#Cc1cc(Cl)cc2c1oc1ccccc12.Oc1c(Br)cc(Cl)cc1-c1ccccc1F.Oc1ccc(Cl)cc1-c1ccccc1F. The highest BCUT2D eigenvalue weighted by Gasteiger charge is 2.19. The van der Waals surface area contributed by atoms with Gasteiger partial charge in [0.15, 0.2) is 16.7 Å². The molecule has 0 radical (unpaired) electrons. The lowest BCUT2D eigenvalue weighted by molar-refractivity contribution is 0.473. The number of halogens is 11. The summed E-state index contributed by atoms with van der Waals surface area (Å²) in [6.45, 7) is 0. The third kappa shape index (κ3) is 17.6. The van der Waals surface area contributed by atoms with E-state index in [2.05, 4.69) is 66.0 Å². The molecule has 0 bridgehead atoms. The summed E-state index contributed by atoms with van der Waals surface area (Å²) in [6.07, 6.45) is 0. The minimum absolute atomic E-state index is 0.0181. The molecule has 14 aromatic carbocycles. The molecule has 0 saturated carbocycles. The Labute approximate surface area is 665 Å². The topological polar surface area (TPSA) is 164 Å². The van der Waals surface area contributed by atoms with E-state index >= 15 is 0 Å². The molecule has 0 aliphatic heterocycles. The van der Waals surface area contributed by atoms with Crippen LogP contribution in [0.2, 0.25) is 30.1 Å². The standard InChI is InChI=1S/C19H10ClNO.2C13H6ClNO.C12H7BrClFO.C12H6BrClO.C12H8ClFO.C6H5Br/c20-14-9-13(11-21)18-17(10-14)16-8-4-7-15(19(16)22-18)12-5-2-1-3-6-12;2*14-9-5-8(7-15)13-11(6-9)10-3-1-2-4-12(10)16-13;13-10-6-7(14)5-9(12(10)16)8-3-1-2-4-11(8)15;13-10-6-7(14)5-9-8-3-1-2-4-11(8)15-12(9)10;13-8-5-6-12(15)10(7-8)9-3-1-2-4-11(9)14;7-6-4-2-1-3-5-6/h1-10H;2*1-6H;1-6,16H;1-6H;1-7,15H;1-5H. The predicted octanol–water partition coefficient (Wildman–Crippen LogP) is 29.9. The van der Waals surface area contributed by atoms with Crippen LogP contribution in [0.4, 0.5) is 8.78 Å². The second-order valence-corrected chi connectivity index (χ2v) is 28.5. The molecule has 0 saturated heterocycles. The first-order valence-corrected chi connectivity index (χ1v) is 36.7. The average molecular weight is 1720 g/mol. The summed E-state index contributed by atoms with van der Waals surface area (Å²) >= 11 is 45.6. The van der Waals surface area contributed by atoms with Crippen LogP contribution in [0.3, 0.4) is 0 Å². The highest BCUT2D eigenvalue weighted by molar-refractivity contribution is 9.11. The van der Waals surface area contributed by atoms with Crippen LogP contribution in [-0.4, -0.2) is 10.2 Å². The fourth-order valence-corrected chi connectivity index (χ4v) is 14.4. The van der Waals surface area contributed by atoms with E-state index in [0.29, 0.717) is 90.3 Å². The van der Waals surface area contributed by atoms with Crippen molar-refractivity contribution in [3.8, 4) is 63.1 Å². The smallest absolute Gasteiger partial charge is 0.153 e. The maximum absolute atomic E-state index is 13.5. The molecule has 4 heterocycles. The van der Waals surface area contributed by atoms with E-state index in [1.807, 2.05) is 182 Å². The third-order valence-electron chi connectivity index (χ3n) is 16.3. The molecule has 0 aliphatic rings. The van der Waals surface area contributed by atoms with Gasteiger partial charge in [-0.1, -0.05) is 243 Å². The van der Waals surface area contributed by atoms with Crippen LogP contribution in [0.1, 0.15) is 16.7 Å². The van der Waals surface area contributed by atoms with Gasteiger partial charge in [0.05, 0.1) is 25.6 Å². The molecule has 524 valence electrons. The Morgan fingerprint density at radius 2 is 0.654 bits per heavy atom. The largest absolute Gasteiger partial charge is 0.507 e. The van der Waals surface area contributed by atoms with Gasteiger partial charge in [0, 0.05) is 106 Å². The molecular weight excluding hydrogens is 1670 g/mol. The second kappa shape index (κ2) is 34.7. The normalized spacial score (nSPS) is 10.6. The zero-order chi connectivity index (χ0) is 75.4. The summed E-state index contributed by atoms with van der Waals surface area (Å²) in [7, 11) is 0. The summed E-state index contributed by atoms with van der Waals surface area (Å²) in [5.41, 5.74) is 10.8. The lowest BCUT2D eigenvalue weighted by Gasteiger charge is -2.08. The molecule has 0 amide bonds. The van der Waals surface area contributed by atoms with Crippen LogP contribution in [0.15, 0.2) is 310 Å². The van der Waals surface area contributed by atoms with Crippen LogP contribution in [0.5, 0.6) is 11.5 Å². The maximum atomic E-state index is 13.5. The second-order valence-electron chi connectivity index (χ2n) is 23.2. The van der Waals surface area contributed by atoms with Crippen molar-refractivity contribution < 1.29 is 36.7 Å². The van der Waals surface area contributed by atoms with Crippen LogP contribution in [0, 0.1) is 45.6 Å². The Morgan fingerprint density at radius 3 is 1.13 bits per heavy atom. The molecule has 9 nitrogen and oxygen atoms in total. The van der Waals surface area contributed by atoms with Crippen molar-refractivity contribution in [1.29, 1.82) is 15.8 Å². The lowest BCUT2D eigenvalue weighted by Crippen LogP contribution is -1.85. The zero-order valence-electron chi connectivity index (χ0n) is 55.1. The molecule has 0 atom stereocenters. The Hall–Kier alpha value is -10.6. The van der Waals surface area contributed by atoms with Gasteiger partial charge in [0.2, 0.25) is 0 Å². The maximum Gasteiger partial charge on any atom is 0.153 e. The molecule has 2 N–H and O–H groups in total. The Morgan fingerprint density at radius 1 is 0.290 bits per heavy atom. The van der Waals surface area contributed by atoms with Crippen LogP contribution in [0.25, 0.3) is 121 Å². The summed E-state index contributed by atoms with van der Waals surface area (Å²) in [5, 5.41) is 57.7. The van der Waals surface area contributed by atoms with Crippen molar-refractivity contribution in [2.75, 3.05) is 0 Å². The van der Waals surface area contributed by atoms with Gasteiger partial charge in [-0.05, 0) is 159 Å². The number of hydrogen-bond acceptors (Lipinski definition) is 9. The first-order chi connectivity index (χ1) is 51.8. The fourth-order valence-electron chi connectivity index (χ4n) is 11.6. The monoisotopic (exact) mass is 1710 g/mol. The molecule has 107 heavy (non-hydrogen) atoms. The van der Waals surface area contributed by atoms with Crippen LogP contribution < -0.4 is 0 Å². The van der Waals surface area contributed by atoms with Crippen molar-refractivity contribution >= 4 is 205 Å². The molecule has 0 fully saturated rings. The summed E-state index contributed by atoms with van der Waals surface area (Å²) in [4.78, 5) is 0. The van der Waals surface area contributed by atoms with Gasteiger partial charge in [-0.2, -0.15) is 15.8 Å². The predicted molar refractivity (Wildman–Crippen MR) is 441 cm³/mol. The quantitative estimate of drug-likeness (QED) is 0.175. The number of para-hydroxylation sites is 4. The van der Waals surface area contributed by atoms with Gasteiger partial charge in [-0.15, -0.1) is 0 Å². The minimum Gasteiger partial charge on any atom is -0.507 e. The Bertz CT molecular complexity index is 6340. The van der Waals surface area contributed by atoms with E-state index in [4.69, 9.17) is 97.8 Å². The van der Waals surface area contributed by atoms with Crippen molar-refractivity contribution in [1.82, 2.24) is 0 Å². The van der Waals surface area contributed by atoms with Gasteiger partial charge in [-0.25, -0.2) is 8.78 Å². The summed E-state index contributed by atoms with van der Waals surface area (Å²) < 4.78 is 52.5. The lowest BCUT2D eigenvalue weighted by atomic mass is 10.0. The molecular formula is C87H48Br3Cl6F2N3O6. The number of benzene rings is 14. The fraction of sp³-hybridized carbons (Fsp3) is 0. The van der Waals surface area contributed by atoms with Gasteiger partial charge in [0.25, 0.3) is 0 Å². The van der Waals surface area contributed by atoms with E-state index in [1.54, 1.807) is 66.7 Å². The average Bonchev–Trinajstić information content (AvgIpc) is 1.63. The van der Waals surface area contributed by atoms with Crippen LogP contribution in [-0.2, 0) is 0 Å². The minimum atomic E-state index is -0.396. The first-order valence-electron chi connectivity index (χ1n) is 32.0. The number of furan rings is 4. The number of phenols is 2. The van der Waals surface area contributed by atoms with Crippen molar-refractivity contribution in [3.05, 3.63) is 351 Å². The number of aromatic hydroxyl groups is 2. The van der Waals surface area contributed by atoms with Gasteiger partial charge < -0.3 is 27.9 Å². The van der Waals surface area contributed by atoms with E-state index in [0.717, 1.165) is 91.1 Å². The van der Waals surface area contributed by atoms with Crippen molar-refractivity contribution in [3.63, 3.8) is 0 Å². The molecule has 0 unspecified atom stereocenters. The van der Waals surface area contributed by atoms with Crippen molar-refractivity contribution in [2.24, 2.45) is 0 Å². The molecule has 20 heteroatoms. The molecule has 0 spiro atoms. The number of nitriles is 3. The zero-order valence-corrected chi connectivity index (χ0v) is 64.4.